The molecule has 6 heteroatoms. The molecule has 6 nitrogen and oxygen atoms in total. The third kappa shape index (κ3) is 4.32. The average molecular weight is 319 g/mol. The highest BCUT2D eigenvalue weighted by molar-refractivity contribution is 5.78. The number of allylic oxidation sites excluding steroid dienone is 1. The van der Waals surface area contributed by atoms with E-state index in [0.29, 0.717) is 13.2 Å². The summed E-state index contributed by atoms with van der Waals surface area (Å²) in [6.07, 6.45) is 2.16. The van der Waals surface area contributed by atoms with Gasteiger partial charge in [0, 0.05) is 0 Å². The number of methoxy groups -OCH3 is 1. The molecule has 0 saturated carbocycles. The summed E-state index contributed by atoms with van der Waals surface area (Å²) in [4.78, 5) is 25.5. The summed E-state index contributed by atoms with van der Waals surface area (Å²) in [6.45, 7) is 2.78. The minimum atomic E-state index is -0.915. The maximum Gasteiger partial charge on any atom is 0.410 e. The summed E-state index contributed by atoms with van der Waals surface area (Å²) < 4.78 is 15.6. The lowest BCUT2D eigenvalue weighted by atomic mass is 10.1. The molecule has 23 heavy (non-hydrogen) atoms. The van der Waals surface area contributed by atoms with Gasteiger partial charge < -0.3 is 14.2 Å². The van der Waals surface area contributed by atoms with E-state index in [9.17, 15) is 9.59 Å². The highest BCUT2D eigenvalue weighted by atomic mass is 16.6. The van der Waals surface area contributed by atoms with Crippen LogP contribution in [0, 0.1) is 0 Å². The van der Waals surface area contributed by atoms with Gasteiger partial charge >= 0.3 is 12.1 Å². The Labute approximate surface area is 135 Å². The van der Waals surface area contributed by atoms with Crippen molar-refractivity contribution in [1.82, 2.24) is 4.90 Å². The molecule has 0 radical (unpaired) electrons. The molecule has 1 aliphatic heterocycles. The monoisotopic (exact) mass is 319 g/mol. The van der Waals surface area contributed by atoms with E-state index in [4.69, 9.17) is 14.2 Å². The first-order valence-electron chi connectivity index (χ1n) is 7.47. The summed E-state index contributed by atoms with van der Waals surface area (Å²) in [5.74, 6) is -0.524. The molecule has 1 saturated heterocycles. The zero-order chi connectivity index (χ0) is 16.7. The maximum atomic E-state index is 12.2. The number of esters is 1. The van der Waals surface area contributed by atoms with Crippen molar-refractivity contribution in [2.45, 2.75) is 25.7 Å². The zero-order valence-electron chi connectivity index (χ0n) is 13.3. The lowest BCUT2D eigenvalue weighted by Crippen LogP contribution is -2.48. The quantitative estimate of drug-likeness (QED) is 0.569. The molecule has 2 atom stereocenters. The summed E-state index contributed by atoms with van der Waals surface area (Å²) >= 11 is 0. The van der Waals surface area contributed by atoms with Crippen molar-refractivity contribution in [3.05, 3.63) is 48.0 Å². The van der Waals surface area contributed by atoms with E-state index in [1.54, 1.807) is 12.2 Å². The van der Waals surface area contributed by atoms with Crippen molar-refractivity contribution in [3.8, 4) is 0 Å². The van der Waals surface area contributed by atoms with E-state index in [1.807, 2.05) is 37.3 Å². The predicted octanol–water partition coefficient (Wildman–Crippen LogP) is 2.14. The second-order valence-corrected chi connectivity index (χ2v) is 5.06. The van der Waals surface area contributed by atoms with Gasteiger partial charge in [-0.05, 0) is 12.5 Å². The Balaban J connectivity index is 2.16. The van der Waals surface area contributed by atoms with Gasteiger partial charge in [0.1, 0.15) is 6.61 Å². The number of ether oxygens (including phenoxy) is 3. The van der Waals surface area contributed by atoms with Crippen molar-refractivity contribution in [2.75, 3.05) is 20.3 Å². The number of amides is 1. The SMILES string of the molecule is C/C=C/[C@H]([C@H](OCc1ccccc1)C(=O)OC)N1CCOC1=O. The van der Waals surface area contributed by atoms with E-state index in [-0.39, 0.29) is 6.61 Å². The van der Waals surface area contributed by atoms with Gasteiger partial charge in [0.2, 0.25) is 0 Å². The summed E-state index contributed by atoms with van der Waals surface area (Å²) in [6, 6.07) is 8.95. The molecule has 2 rings (SSSR count). The molecular weight excluding hydrogens is 298 g/mol. The fourth-order valence-electron chi connectivity index (χ4n) is 2.42. The van der Waals surface area contributed by atoms with Crippen LogP contribution in [-0.4, -0.2) is 49.4 Å². The molecule has 1 aromatic rings. The molecular formula is C17H21NO5. The summed E-state index contributed by atoms with van der Waals surface area (Å²) in [5.41, 5.74) is 0.935. The van der Waals surface area contributed by atoms with Crippen LogP contribution in [0.3, 0.4) is 0 Å². The van der Waals surface area contributed by atoms with Crippen LogP contribution in [0.4, 0.5) is 4.79 Å². The standard InChI is InChI=1S/C17H21NO5/c1-3-7-14(18-10-11-22-17(18)20)15(16(19)21-2)23-12-13-8-5-4-6-9-13/h3-9,14-15H,10-12H2,1-2H3/b7-3+/t14-,15+/m1/s1. The van der Waals surface area contributed by atoms with E-state index < -0.39 is 24.2 Å². The third-order valence-electron chi connectivity index (χ3n) is 3.56. The van der Waals surface area contributed by atoms with Crippen LogP contribution in [0.15, 0.2) is 42.5 Å². The van der Waals surface area contributed by atoms with Gasteiger partial charge in [0.25, 0.3) is 0 Å². The smallest absolute Gasteiger partial charge is 0.410 e. The summed E-state index contributed by atoms with van der Waals surface area (Å²) in [5, 5.41) is 0. The molecule has 0 aliphatic carbocycles. The molecule has 1 aliphatic rings. The van der Waals surface area contributed by atoms with Gasteiger partial charge in [-0.15, -0.1) is 0 Å². The van der Waals surface area contributed by atoms with Gasteiger partial charge in [-0.2, -0.15) is 0 Å². The molecule has 0 spiro atoms. The van der Waals surface area contributed by atoms with Gasteiger partial charge in [-0.3, -0.25) is 4.90 Å². The Kier molecular flexibility index (Phi) is 6.17. The van der Waals surface area contributed by atoms with E-state index in [0.717, 1.165) is 5.56 Å². The predicted molar refractivity (Wildman–Crippen MR) is 83.7 cm³/mol. The van der Waals surface area contributed by atoms with Crippen LogP contribution < -0.4 is 0 Å². The van der Waals surface area contributed by atoms with Crippen molar-refractivity contribution in [2.24, 2.45) is 0 Å². The fraction of sp³-hybridized carbons (Fsp3) is 0.412. The number of hydrogen-bond donors (Lipinski definition) is 0. The fourth-order valence-corrected chi connectivity index (χ4v) is 2.42. The topological polar surface area (TPSA) is 65.1 Å². The Morgan fingerprint density at radius 1 is 1.39 bits per heavy atom. The van der Waals surface area contributed by atoms with Crippen molar-refractivity contribution in [1.29, 1.82) is 0 Å². The van der Waals surface area contributed by atoms with Crippen molar-refractivity contribution >= 4 is 12.1 Å². The van der Waals surface area contributed by atoms with Crippen LogP contribution in [0.2, 0.25) is 0 Å². The highest BCUT2D eigenvalue weighted by Gasteiger charge is 2.38. The molecule has 1 fully saturated rings. The van der Waals surface area contributed by atoms with E-state index in [1.165, 1.54) is 12.0 Å². The lowest BCUT2D eigenvalue weighted by Gasteiger charge is -2.29. The normalized spacial score (nSPS) is 17.1. The molecule has 0 unspecified atom stereocenters. The van der Waals surface area contributed by atoms with Crippen LogP contribution in [0.5, 0.6) is 0 Å². The lowest BCUT2D eigenvalue weighted by molar-refractivity contribution is -0.157. The largest absolute Gasteiger partial charge is 0.467 e. The van der Waals surface area contributed by atoms with Gasteiger partial charge in [-0.25, -0.2) is 9.59 Å². The first-order chi connectivity index (χ1) is 11.2. The number of rotatable bonds is 7. The second-order valence-electron chi connectivity index (χ2n) is 5.06. The number of carbonyl (C=O) groups excluding carboxylic acids is 2. The van der Waals surface area contributed by atoms with Crippen LogP contribution in [0.25, 0.3) is 0 Å². The first kappa shape index (κ1) is 17.0. The Morgan fingerprint density at radius 3 is 2.70 bits per heavy atom. The van der Waals surface area contributed by atoms with E-state index in [2.05, 4.69) is 0 Å². The van der Waals surface area contributed by atoms with Crippen LogP contribution in [-0.2, 0) is 25.6 Å². The minimum Gasteiger partial charge on any atom is -0.467 e. The molecule has 1 heterocycles. The Hall–Kier alpha value is -2.34. The highest BCUT2D eigenvalue weighted by Crippen LogP contribution is 2.18. The van der Waals surface area contributed by atoms with Crippen LogP contribution >= 0.6 is 0 Å². The van der Waals surface area contributed by atoms with Gasteiger partial charge in [0.15, 0.2) is 6.10 Å². The number of cyclic esters (lactones) is 1. The van der Waals surface area contributed by atoms with E-state index >= 15 is 0 Å². The molecule has 1 aromatic carbocycles. The van der Waals surface area contributed by atoms with Crippen LogP contribution in [0.1, 0.15) is 12.5 Å². The number of hydrogen-bond acceptors (Lipinski definition) is 5. The third-order valence-corrected chi connectivity index (χ3v) is 3.56. The molecule has 1 amide bonds. The molecule has 0 aromatic heterocycles. The minimum absolute atomic E-state index is 0.248. The Morgan fingerprint density at radius 2 is 2.13 bits per heavy atom. The summed E-state index contributed by atoms with van der Waals surface area (Å²) in [7, 11) is 1.30. The van der Waals surface area contributed by atoms with Gasteiger partial charge in [0.05, 0.1) is 26.3 Å². The average Bonchev–Trinajstić information content (AvgIpc) is 3.00. The second kappa shape index (κ2) is 8.33. The number of benzene rings is 1. The Bertz CT molecular complexity index is 557. The molecule has 0 bridgehead atoms. The van der Waals surface area contributed by atoms with Crippen molar-refractivity contribution in [3.63, 3.8) is 0 Å². The van der Waals surface area contributed by atoms with Crippen molar-refractivity contribution < 1.29 is 23.8 Å². The maximum absolute atomic E-state index is 12.2. The number of nitrogens with zero attached hydrogens (tertiary/aromatic N) is 1. The van der Waals surface area contributed by atoms with Gasteiger partial charge in [-0.1, -0.05) is 42.5 Å². The molecule has 0 N–H and O–H groups in total. The first-order valence-corrected chi connectivity index (χ1v) is 7.47. The molecule has 124 valence electrons. The zero-order valence-corrected chi connectivity index (χ0v) is 13.3. The number of carbonyl (C=O) groups is 2.